The van der Waals surface area contributed by atoms with Crippen molar-refractivity contribution in [1.29, 1.82) is 0 Å². The number of nitrogens with zero attached hydrogens (tertiary/aromatic N) is 4. The van der Waals surface area contributed by atoms with Crippen LogP contribution in [0.15, 0.2) is 66.6 Å². The Morgan fingerprint density at radius 2 is 2.00 bits per heavy atom. The van der Waals surface area contributed by atoms with E-state index < -0.39 is 0 Å². The Morgan fingerprint density at radius 3 is 2.81 bits per heavy atom. The quantitative estimate of drug-likeness (QED) is 0.773. The zero-order valence-corrected chi connectivity index (χ0v) is 14.0. The molecule has 2 aromatic heterocycles. The van der Waals surface area contributed by atoms with Crippen LogP contribution in [0.25, 0.3) is 11.4 Å². The van der Waals surface area contributed by atoms with E-state index in [1.54, 1.807) is 6.20 Å². The summed E-state index contributed by atoms with van der Waals surface area (Å²) < 4.78 is 1.84. The number of anilines is 1. The largest absolute Gasteiger partial charge is 0.328 e. The molecule has 6 heteroatoms. The van der Waals surface area contributed by atoms with Gasteiger partial charge in [-0.3, -0.25) is 9.78 Å². The molecule has 0 fully saturated rings. The van der Waals surface area contributed by atoms with Gasteiger partial charge in [0.15, 0.2) is 5.82 Å². The highest BCUT2D eigenvalue weighted by Gasteiger charge is 2.41. The van der Waals surface area contributed by atoms with Crippen LogP contribution in [0, 0.1) is 5.92 Å². The van der Waals surface area contributed by atoms with Crippen molar-refractivity contribution in [2.24, 2.45) is 5.92 Å². The zero-order valence-electron chi connectivity index (χ0n) is 14.0. The average Bonchev–Trinajstić information content (AvgIpc) is 3.12. The Kier molecular flexibility index (Phi) is 3.41. The van der Waals surface area contributed by atoms with Gasteiger partial charge < -0.3 is 5.32 Å². The molecule has 26 heavy (non-hydrogen) atoms. The van der Waals surface area contributed by atoms with Gasteiger partial charge in [-0.2, -0.15) is 4.98 Å². The van der Waals surface area contributed by atoms with Crippen molar-refractivity contribution in [3.05, 3.63) is 72.2 Å². The normalized spacial score (nSPS) is 21.4. The van der Waals surface area contributed by atoms with Crippen LogP contribution in [0.5, 0.6) is 0 Å². The summed E-state index contributed by atoms with van der Waals surface area (Å²) in [5, 5.41) is 8.07. The lowest BCUT2D eigenvalue weighted by Crippen LogP contribution is -2.38. The van der Waals surface area contributed by atoms with Gasteiger partial charge >= 0.3 is 0 Å². The topological polar surface area (TPSA) is 72.7 Å². The second-order valence-corrected chi connectivity index (χ2v) is 6.57. The first-order valence-electron chi connectivity index (χ1n) is 8.73. The molecule has 1 aliphatic carbocycles. The van der Waals surface area contributed by atoms with Gasteiger partial charge in [0.25, 0.3) is 0 Å². The van der Waals surface area contributed by atoms with E-state index >= 15 is 0 Å². The number of benzene rings is 1. The second-order valence-electron chi connectivity index (χ2n) is 6.57. The van der Waals surface area contributed by atoms with Gasteiger partial charge in [-0.05, 0) is 18.1 Å². The Morgan fingerprint density at radius 1 is 1.12 bits per heavy atom. The third kappa shape index (κ3) is 2.34. The molecule has 6 nitrogen and oxygen atoms in total. The summed E-state index contributed by atoms with van der Waals surface area (Å²) in [7, 11) is 0. The molecule has 1 N–H and O–H groups in total. The van der Waals surface area contributed by atoms with E-state index in [0.717, 1.165) is 23.2 Å². The number of hydrogen-bond acceptors (Lipinski definition) is 5. The molecule has 0 radical (unpaired) electrons. The Bertz CT molecular complexity index is 994. The van der Waals surface area contributed by atoms with Crippen molar-refractivity contribution in [2.45, 2.75) is 18.9 Å². The van der Waals surface area contributed by atoms with Crippen molar-refractivity contribution >= 4 is 11.7 Å². The van der Waals surface area contributed by atoms with Gasteiger partial charge in [0.2, 0.25) is 5.95 Å². The van der Waals surface area contributed by atoms with E-state index in [2.05, 4.69) is 21.4 Å². The van der Waals surface area contributed by atoms with Gasteiger partial charge in [0.1, 0.15) is 5.78 Å². The predicted octanol–water partition coefficient (Wildman–Crippen LogP) is 3.22. The molecule has 2 aliphatic rings. The minimum Gasteiger partial charge on any atom is -0.328 e. The molecular weight excluding hydrogens is 326 g/mol. The molecule has 3 heterocycles. The van der Waals surface area contributed by atoms with Crippen molar-refractivity contribution < 1.29 is 4.79 Å². The van der Waals surface area contributed by atoms with E-state index in [9.17, 15) is 4.79 Å². The third-order valence-electron chi connectivity index (χ3n) is 4.96. The molecule has 2 atom stereocenters. The molecule has 128 valence electrons. The molecule has 0 bridgehead atoms. The van der Waals surface area contributed by atoms with E-state index in [4.69, 9.17) is 5.10 Å². The fourth-order valence-electron chi connectivity index (χ4n) is 3.77. The van der Waals surface area contributed by atoms with Crippen LogP contribution in [0.2, 0.25) is 0 Å². The monoisotopic (exact) mass is 343 g/mol. The van der Waals surface area contributed by atoms with Crippen molar-refractivity contribution in [3.8, 4) is 11.4 Å². The maximum Gasteiger partial charge on any atom is 0.226 e. The highest BCUT2D eigenvalue weighted by molar-refractivity contribution is 5.87. The molecule has 0 amide bonds. The number of allylic oxidation sites excluding steroid dienone is 2. The fraction of sp³-hybridized carbons (Fsp3) is 0.200. The standard InChI is InChI=1S/C20H17N5O/c26-16-10-4-9-15-17(16)18(14-8-5-11-21-12-14)25-20(22-15)23-19(24-25)13-6-2-1-3-7-13/h1-3,5-9,11-12,17-18H,4,10H2,(H,22,23,24). The summed E-state index contributed by atoms with van der Waals surface area (Å²) in [6.45, 7) is 0. The Balaban J connectivity index is 1.69. The zero-order chi connectivity index (χ0) is 17.5. The van der Waals surface area contributed by atoms with Crippen LogP contribution in [0.1, 0.15) is 24.4 Å². The smallest absolute Gasteiger partial charge is 0.226 e. The number of hydrogen-bond donors (Lipinski definition) is 1. The maximum atomic E-state index is 12.7. The minimum atomic E-state index is -0.272. The first-order chi connectivity index (χ1) is 12.8. The van der Waals surface area contributed by atoms with Gasteiger partial charge in [0.05, 0.1) is 12.0 Å². The van der Waals surface area contributed by atoms with Crippen LogP contribution in [0.4, 0.5) is 5.95 Å². The maximum absolute atomic E-state index is 12.7. The summed E-state index contributed by atoms with van der Waals surface area (Å²) in [5.74, 6) is 1.26. The fourth-order valence-corrected chi connectivity index (χ4v) is 3.77. The number of aromatic nitrogens is 4. The number of rotatable bonds is 2. The summed E-state index contributed by atoms with van der Waals surface area (Å²) in [5.41, 5.74) is 2.84. The molecular formula is C20H17N5O. The molecule has 0 saturated heterocycles. The Labute approximate surface area is 150 Å². The lowest BCUT2D eigenvalue weighted by Gasteiger charge is -2.35. The lowest BCUT2D eigenvalue weighted by atomic mass is 9.81. The van der Waals surface area contributed by atoms with Crippen molar-refractivity contribution in [2.75, 3.05) is 5.32 Å². The number of ketones is 1. The Hall–Kier alpha value is -3.28. The third-order valence-corrected chi connectivity index (χ3v) is 4.96. The SMILES string of the molecule is O=C1CCC=C2Nc3nc(-c4ccccc4)nn3C(c3cccnc3)C12. The molecule has 1 aliphatic heterocycles. The summed E-state index contributed by atoms with van der Waals surface area (Å²) in [6.07, 6.45) is 6.97. The number of Topliss-reactive ketones (excluding diaryl/α,β-unsaturated/α-hetero) is 1. The van der Waals surface area contributed by atoms with Crippen LogP contribution in [0.3, 0.4) is 0 Å². The van der Waals surface area contributed by atoms with E-state index in [-0.39, 0.29) is 17.7 Å². The van der Waals surface area contributed by atoms with Crippen molar-refractivity contribution in [1.82, 2.24) is 19.7 Å². The number of fused-ring (bicyclic) bond motifs is 2. The highest BCUT2D eigenvalue weighted by Crippen LogP contribution is 2.41. The van der Waals surface area contributed by atoms with Crippen LogP contribution in [-0.2, 0) is 4.79 Å². The molecule has 2 unspecified atom stereocenters. The van der Waals surface area contributed by atoms with E-state index in [0.29, 0.717) is 18.2 Å². The average molecular weight is 343 g/mol. The first-order valence-corrected chi connectivity index (χ1v) is 8.73. The van der Waals surface area contributed by atoms with Gasteiger partial charge in [-0.15, -0.1) is 5.10 Å². The van der Waals surface area contributed by atoms with Crippen molar-refractivity contribution in [3.63, 3.8) is 0 Å². The molecule has 5 rings (SSSR count). The molecule has 3 aromatic rings. The minimum absolute atomic E-state index is 0.228. The van der Waals surface area contributed by atoms with Gasteiger partial charge in [-0.1, -0.05) is 42.5 Å². The lowest BCUT2D eigenvalue weighted by molar-refractivity contribution is -0.123. The number of pyridine rings is 1. The number of nitrogens with one attached hydrogen (secondary N) is 1. The van der Waals surface area contributed by atoms with Gasteiger partial charge in [0, 0.05) is 30.1 Å². The van der Waals surface area contributed by atoms with E-state index in [1.165, 1.54) is 0 Å². The number of carbonyl (C=O) groups excluding carboxylic acids is 1. The summed E-state index contributed by atoms with van der Waals surface area (Å²) in [6, 6.07) is 13.5. The summed E-state index contributed by atoms with van der Waals surface area (Å²) >= 11 is 0. The van der Waals surface area contributed by atoms with Gasteiger partial charge in [-0.25, -0.2) is 4.68 Å². The van der Waals surface area contributed by atoms with Crippen LogP contribution in [-0.4, -0.2) is 25.5 Å². The number of carbonyl (C=O) groups is 1. The molecule has 1 aromatic carbocycles. The molecule has 0 spiro atoms. The molecule has 0 saturated carbocycles. The predicted molar refractivity (Wildman–Crippen MR) is 97.3 cm³/mol. The van der Waals surface area contributed by atoms with Crippen LogP contribution >= 0.6 is 0 Å². The summed E-state index contributed by atoms with van der Waals surface area (Å²) in [4.78, 5) is 21.7. The first kappa shape index (κ1) is 15.0. The van der Waals surface area contributed by atoms with Crippen LogP contribution < -0.4 is 5.32 Å². The van der Waals surface area contributed by atoms with E-state index in [1.807, 2.05) is 53.3 Å². The highest BCUT2D eigenvalue weighted by atomic mass is 16.1. The second kappa shape index (κ2) is 5.91.